The Balaban J connectivity index is 1.59. The van der Waals surface area contributed by atoms with Crippen molar-refractivity contribution in [3.63, 3.8) is 0 Å². The number of H-pyrrole nitrogens is 1. The van der Waals surface area contributed by atoms with Crippen LogP contribution in [0.5, 0.6) is 0 Å². The van der Waals surface area contributed by atoms with Gasteiger partial charge in [-0.3, -0.25) is 4.79 Å². The van der Waals surface area contributed by atoms with Gasteiger partial charge in [0.25, 0.3) is 5.56 Å². The molecule has 2 aromatic heterocycles. The summed E-state index contributed by atoms with van der Waals surface area (Å²) in [5.74, 6) is 0.401. The summed E-state index contributed by atoms with van der Waals surface area (Å²) < 4.78 is 29.6. The van der Waals surface area contributed by atoms with Gasteiger partial charge < -0.3 is 19.9 Å². The summed E-state index contributed by atoms with van der Waals surface area (Å²) in [4.78, 5) is 22.6. The summed E-state index contributed by atoms with van der Waals surface area (Å²) in [5.41, 5.74) is 2.81. The van der Waals surface area contributed by atoms with Gasteiger partial charge in [-0.1, -0.05) is 18.2 Å². The van der Waals surface area contributed by atoms with Crippen LogP contribution < -0.4 is 15.8 Å². The van der Waals surface area contributed by atoms with Crippen molar-refractivity contribution in [2.24, 2.45) is 0 Å². The molecule has 0 unspecified atom stereocenters. The van der Waals surface area contributed by atoms with Crippen molar-refractivity contribution < 1.29 is 13.2 Å². The van der Waals surface area contributed by atoms with E-state index in [0.717, 1.165) is 24.5 Å². The predicted molar refractivity (Wildman–Crippen MR) is 134 cm³/mol. The third-order valence-corrected chi connectivity index (χ3v) is 6.91. The first-order valence-corrected chi connectivity index (χ1v) is 12.8. The van der Waals surface area contributed by atoms with Crippen molar-refractivity contribution in [3.05, 3.63) is 77.2 Å². The second-order valence-electron chi connectivity index (χ2n) is 8.20. The van der Waals surface area contributed by atoms with E-state index in [-0.39, 0.29) is 10.5 Å². The Morgan fingerprint density at radius 1 is 1.03 bits per heavy atom. The number of nitrogens with one attached hydrogen (secondary N) is 2. The lowest BCUT2D eigenvalue weighted by Crippen LogP contribution is -2.36. The fraction of sp³-hybridized carbons (Fsp3) is 0.200. The van der Waals surface area contributed by atoms with Crippen LogP contribution in [-0.2, 0) is 14.6 Å². The van der Waals surface area contributed by atoms with Gasteiger partial charge in [0.2, 0.25) is 0 Å². The van der Waals surface area contributed by atoms with Gasteiger partial charge in [-0.15, -0.1) is 0 Å². The Hall–Kier alpha value is -3.69. The zero-order valence-electron chi connectivity index (χ0n) is 18.6. The van der Waals surface area contributed by atoms with Crippen LogP contribution in [0.15, 0.2) is 76.6 Å². The molecule has 0 amide bonds. The Kier molecular flexibility index (Phi) is 5.80. The Bertz CT molecular complexity index is 1530. The van der Waals surface area contributed by atoms with Crippen LogP contribution in [0.25, 0.3) is 22.0 Å². The molecule has 3 heterocycles. The van der Waals surface area contributed by atoms with E-state index in [0.29, 0.717) is 41.1 Å². The number of fused-ring (bicyclic) bond motifs is 1. The average Bonchev–Trinajstić information content (AvgIpc) is 2.84. The average molecular weight is 477 g/mol. The van der Waals surface area contributed by atoms with E-state index in [1.165, 1.54) is 6.26 Å². The molecule has 0 atom stereocenters. The van der Waals surface area contributed by atoms with E-state index < -0.39 is 9.84 Å². The van der Waals surface area contributed by atoms with Crippen molar-refractivity contribution in [2.75, 3.05) is 42.8 Å². The SMILES string of the molecule is CS(=O)(=O)c1cccc(-c2cc3cc[nH]c(=O)c3c(Nc3cccc(N4CCOCC4)c3)n2)c1. The molecule has 1 aliphatic heterocycles. The molecule has 1 fully saturated rings. The minimum atomic E-state index is -3.37. The molecular weight excluding hydrogens is 452 g/mol. The van der Waals surface area contributed by atoms with Gasteiger partial charge in [0.05, 0.1) is 29.2 Å². The number of hydrogen-bond donors (Lipinski definition) is 2. The first-order chi connectivity index (χ1) is 16.4. The maximum atomic E-state index is 12.7. The van der Waals surface area contributed by atoms with Crippen LogP contribution in [0, 0.1) is 0 Å². The van der Waals surface area contributed by atoms with Crippen molar-refractivity contribution >= 4 is 37.8 Å². The Labute approximate surface area is 197 Å². The summed E-state index contributed by atoms with van der Waals surface area (Å²) in [6.07, 6.45) is 2.76. The second kappa shape index (κ2) is 8.92. The highest BCUT2D eigenvalue weighted by atomic mass is 32.2. The molecule has 5 rings (SSSR count). The highest BCUT2D eigenvalue weighted by Crippen LogP contribution is 2.30. The number of rotatable bonds is 5. The third kappa shape index (κ3) is 4.52. The third-order valence-electron chi connectivity index (χ3n) is 5.80. The topological polar surface area (TPSA) is 104 Å². The predicted octanol–water partition coefficient (Wildman–Crippen LogP) is 3.57. The number of anilines is 3. The summed E-state index contributed by atoms with van der Waals surface area (Å²) in [6, 6.07) is 18.2. The molecule has 0 bridgehead atoms. The number of benzene rings is 2. The molecule has 9 heteroatoms. The quantitative estimate of drug-likeness (QED) is 0.454. The van der Waals surface area contributed by atoms with Gasteiger partial charge in [-0.25, -0.2) is 13.4 Å². The number of nitrogens with zero attached hydrogens (tertiary/aromatic N) is 2. The zero-order chi connectivity index (χ0) is 23.7. The van der Waals surface area contributed by atoms with Crippen molar-refractivity contribution in [1.82, 2.24) is 9.97 Å². The van der Waals surface area contributed by atoms with Crippen molar-refractivity contribution in [1.29, 1.82) is 0 Å². The standard InChI is InChI=1S/C25H24N4O4S/c1-34(31,32)21-7-2-4-17(14-21)22-15-18-8-9-26-25(30)23(18)24(28-22)27-19-5-3-6-20(16-19)29-10-12-33-13-11-29/h2-9,14-16H,10-13H2,1H3,(H,26,30)(H,27,28). The maximum Gasteiger partial charge on any atom is 0.259 e. The molecule has 4 aromatic rings. The molecule has 174 valence electrons. The molecule has 2 aromatic carbocycles. The van der Waals surface area contributed by atoms with Crippen LogP contribution in [-0.4, -0.2) is 50.9 Å². The van der Waals surface area contributed by atoms with Crippen LogP contribution in [0.2, 0.25) is 0 Å². The van der Waals surface area contributed by atoms with Gasteiger partial charge in [0, 0.05) is 42.5 Å². The summed E-state index contributed by atoms with van der Waals surface area (Å²) >= 11 is 0. The lowest BCUT2D eigenvalue weighted by molar-refractivity contribution is 0.122. The molecule has 1 aliphatic rings. The summed E-state index contributed by atoms with van der Waals surface area (Å²) in [7, 11) is -3.37. The minimum Gasteiger partial charge on any atom is -0.378 e. The highest BCUT2D eigenvalue weighted by Gasteiger charge is 2.15. The van der Waals surface area contributed by atoms with Gasteiger partial charge in [0.15, 0.2) is 9.84 Å². The maximum absolute atomic E-state index is 12.7. The van der Waals surface area contributed by atoms with E-state index in [2.05, 4.69) is 15.2 Å². The van der Waals surface area contributed by atoms with Crippen LogP contribution >= 0.6 is 0 Å². The Morgan fingerprint density at radius 3 is 2.62 bits per heavy atom. The first-order valence-electron chi connectivity index (χ1n) is 10.9. The van der Waals surface area contributed by atoms with Crippen LogP contribution in [0.4, 0.5) is 17.2 Å². The van der Waals surface area contributed by atoms with Gasteiger partial charge in [0.1, 0.15) is 5.82 Å². The molecule has 1 saturated heterocycles. The van der Waals surface area contributed by atoms with E-state index in [4.69, 9.17) is 9.72 Å². The molecular formula is C25H24N4O4S. The molecule has 0 radical (unpaired) electrons. The van der Waals surface area contributed by atoms with Gasteiger partial charge >= 0.3 is 0 Å². The summed E-state index contributed by atoms with van der Waals surface area (Å²) in [6.45, 7) is 3.01. The number of aromatic nitrogens is 2. The van der Waals surface area contributed by atoms with Gasteiger partial charge in [-0.05, 0) is 47.9 Å². The number of ether oxygens (including phenoxy) is 1. The zero-order valence-corrected chi connectivity index (χ0v) is 19.4. The number of pyridine rings is 2. The number of hydrogen-bond acceptors (Lipinski definition) is 7. The van der Waals surface area contributed by atoms with Crippen LogP contribution in [0.3, 0.4) is 0 Å². The number of sulfone groups is 1. The van der Waals surface area contributed by atoms with E-state index in [1.54, 1.807) is 42.6 Å². The fourth-order valence-corrected chi connectivity index (χ4v) is 4.74. The van der Waals surface area contributed by atoms with Gasteiger partial charge in [-0.2, -0.15) is 0 Å². The van der Waals surface area contributed by atoms with E-state index >= 15 is 0 Å². The van der Waals surface area contributed by atoms with Crippen LogP contribution in [0.1, 0.15) is 0 Å². The lowest BCUT2D eigenvalue weighted by atomic mass is 10.1. The molecule has 2 N–H and O–H groups in total. The van der Waals surface area contributed by atoms with Crippen molar-refractivity contribution in [2.45, 2.75) is 4.90 Å². The van der Waals surface area contributed by atoms with E-state index in [9.17, 15) is 13.2 Å². The molecule has 0 spiro atoms. The Morgan fingerprint density at radius 2 is 1.82 bits per heavy atom. The lowest BCUT2D eigenvalue weighted by Gasteiger charge is -2.29. The van der Waals surface area contributed by atoms with E-state index in [1.807, 2.05) is 24.3 Å². The highest BCUT2D eigenvalue weighted by molar-refractivity contribution is 7.90. The smallest absolute Gasteiger partial charge is 0.259 e. The molecule has 8 nitrogen and oxygen atoms in total. The minimum absolute atomic E-state index is 0.213. The molecule has 34 heavy (non-hydrogen) atoms. The monoisotopic (exact) mass is 476 g/mol. The largest absolute Gasteiger partial charge is 0.378 e. The number of aromatic amines is 1. The first kappa shape index (κ1) is 22.1. The summed E-state index contributed by atoms with van der Waals surface area (Å²) in [5, 5.41) is 4.45. The molecule has 0 aliphatic carbocycles. The fourth-order valence-electron chi connectivity index (χ4n) is 4.08. The second-order valence-corrected chi connectivity index (χ2v) is 10.2. The van der Waals surface area contributed by atoms with Crippen molar-refractivity contribution in [3.8, 4) is 11.3 Å². The number of morpholine rings is 1. The normalized spacial score (nSPS) is 14.3. The molecule has 0 saturated carbocycles.